The molecule has 2 rings (SSSR count). The molecule has 1 aromatic heterocycles. The summed E-state index contributed by atoms with van der Waals surface area (Å²) < 4.78 is 1.01. The average Bonchev–Trinajstić information content (AvgIpc) is 2.25. The van der Waals surface area contributed by atoms with Crippen molar-refractivity contribution in [2.75, 3.05) is 0 Å². The third-order valence-corrected chi connectivity index (χ3v) is 3.83. The molecule has 0 unspecified atom stereocenters. The van der Waals surface area contributed by atoms with E-state index in [0.717, 1.165) is 33.9 Å². The van der Waals surface area contributed by atoms with Gasteiger partial charge >= 0.3 is 0 Å². The average molecular weight is 400 g/mol. The Kier molecular flexibility index (Phi) is 5.71. The van der Waals surface area contributed by atoms with Crippen LogP contribution in [-0.4, -0.2) is 4.98 Å². The highest BCUT2D eigenvalue weighted by molar-refractivity contribution is 9.10. The zero-order valence-corrected chi connectivity index (χ0v) is 13.9. The lowest BCUT2D eigenvalue weighted by molar-refractivity contribution is 0.889. The highest BCUT2D eigenvalue weighted by Gasteiger charge is 2.09. The van der Waals surface area contributed by atoms with Gasteiger partial charge in [-0.3, -0.25) is 4.98 Å². The van der Waals surface area contributed by atoms with Crippen molar-refractivity contribution < 1.29 is 0 Å². The molecule has 1 heterocycles. The van der Waals surface area contributed by atoms with Crippen LogP contribution in [0, 0.1) is 0 Å². The lowest BCUT2D eigenvalue weighted by Crippen LogP contribution is -1.92. The summed E-state index contributed by atoms with van der Waals surface area (Å²) in [6, 6.07) is 5.75. The first-order valence-corrected chi connectivity index (χ1v) is 6.61. The molecular weight excluding hydrogens is 389 g/mol. The van der Waals surface area contributed by atoms with Crippen LogP contribution in [0.1, 0.15) is 19.0 Å². The van der Waals surface area contributed by atoms with Gasteiger partial charge in [0, 0.05) is 15.6 Å². The van der Waals surface area contributed by atoms with Gasteiger partial charge in [-0.15, -0.1) is 17.0 Å². The fourth-order valence-electron chi connectivity index (χ4n) is 1.63. The summed E-state index contributed by atoms with van der Waals surface area (Å²) in [5.74, 6) is 0. The lowest BCUT2D eigenvalue weighted by atomic mass is 10.1. The van der Waals surface area contributed by atoms with Gasteiger partial charge in [0.2, 0.25) is 0 Å². The third-order valence-electron chi connectivity index (χ3n) is 2.38. The molecule has 0 aliphatic carbocycles. The number of pyridine rings is 1. The van der Waals surface area contributed by atoms with Crippen molar-refractivity contribution in [2.45, 2.75) is 19.8 Å². The molecule has 0 saturated heterocycles. The van der Waals surface area contributed by atoms with E-state index < -0.39 is 0 Å². The quantitative estimate of drug-likeness (QED) is 0.618. The molecule has 0 N–H and O–H groups in total. The van der Waals surface area contributed by atoms with Gasteiger partial charge in [0.25, 0.3) is 0 Å². The van der Waals surface area contributed by atoms with E-state index >= 15 is 0 Å². The summed E-state index contributed by atoms with van der Waals surface area (Å²) in [6.45, 7) is 2.12. The van der Waals surface area contributed by atoms with E-state index in [1.165, 1.54) is 0 Å². The number of hydrogen-bond acceptors (Lipinski definition) is 1. The van der Waals surface area contributed by atoms with Crippen LogP contribution in [0.25, 0.3) is 10.9 Å². The summed E-state index contributed by atoms with van der Waals surface area (Å²) >= 11 is 15.7. The van der Waals surface area contributed by atoms with Crippen LogP contribution in [0.3, 0.4) is 0 Å². The predicted octanol–water partition coefficient (Wildman–Crippen LogP) is 5.83. The molecule has 0 bridgehead atoms. The second kappa shape index (κ2) is 6.37. The summed E-state index contributed by atoms with van der Waals surface area (Å²) in [4.78, 5) is 4.54. The summed E-state index contributed by atoms with van der Waals surface area (Å²) in [7, 11) is 0. The number of rotatable bonds is 2. The van der Waals surface area contributed by atoms with Crippen LogP contribution in [-0.2, 0) is 6.42 Å². The summed E-state index contributed by atoms with van der Waals surface area (Å²) in [5.41, 5.74) is 1.80. The van der Waals surface area contributed by atoms with Crippen LogP contribution < -0.4 is 0 Å². The maximum absolute atomic E-state index is 6.15. The van der Waals surface area contributed by atoms with Crippen LogP contribution >= 0.6 is 56.1 Å². The number of benzene rings is 1. The summed E-state index contributed by atoms with van der Waals surface area (Å²) in [6.07, 6.45) is 2.00. The molecule has 92 valence electrons. The molecule has 0 radical (unpaired) electrons. The predicted molar refractivity (Wildman–Crippen MR) is 83.8 cm³/mol. The van der Waals surface area contributed by atoms with Crippen LogP contribution in [0.2, 0.25) is 10.0 Å². The van der Waals surface area contributed by atoms with Gasteiger partial charge in [-0.1, -0.05) is 58.5 Å². The van der Waals surface area contributed by atoms with E-state index in [1.54, 1.807) is 6.07 Å². The minimum atomic E-state index is 0. The van der Waals surface area contributed by atoms with Crippen LogP contribution in [0.5, 0.6) is 0 Å². The number of hydrogen-bond donors (Lipinski definition) is 0. The molecule has 0 aliphatic heterocycles. The lowest BCUT2D eigenvalue weighted by Gasteiger charge is -2.07. The zero-order valence-electron chi connectivity index (χ0n) is 9.14. The van der Waals surface area contributed by atoms with Gasteiger partial charge in [0.1, 0.15) is 0 Å². The van der Waals surface area contributed by atoms with E-state index in [1.807, 2.05) is 12.1 Å². The fraction of sp³-hybridized carbons (Fsp3) is 0.250. The Morgan fingerprint density at radius 1 is 1.29 bits per heavy atom. The van der Waals surface area contributed by atoms with E-state index in [4.69, 9.17) is 23.2 Å². The SMILES string of the molecule is Br.CCCc1cc(Br)c2ccc(Cl)c(Cl)c2n1. The summed E-state index contributed by atoms with van der Waals surface area (Å²) in [5, 5.41) is 2.06. The molecular formula is C12H11Br2Cl2N. The molecule has 1 aromatic carbocycles. The van der Waals surface area contributed by atoms with Crippen molar-refractivity contribution in [2.24, 2.45) is 0 Å². The van der Waals surface area contributed by atoms with Crippen molar-refractivity contribution in [3.8, 4) is 0 Å². The fourth-order valence-corrected chi connectivity index (χ4v) is 2.57. The molecule has 0 saturated carbocycles. The number of halogens is 4. The second-order valence-electron chi connectivity index (χ2n) is 3.60. The maximum Gasteiger partial charge on any atom is 0.0918 e. The minimum Gasteiger partial charge on any atom is -0.251 e. The molecule has 0 amide bonds. The highest BCUT2D eigenvalue weighted by atomic mass is 79.9. The third kappa shape index (κ3) is 3.14. The number of aryl methyl sites for hydroxylation is 1. The molecule has 0 aliphatic rings. The first kappa shape index (κ1) is 15.2. The molecule has 1 nitrogen and oxygen atoms in total. The van der Waals surface area contributed by atoms with Crippen LogP contribution in [0.4, 0.5) is 0 Å². The van der Waals surface area contributed by atoms with Gasteiger partial charge in [-0.25, -0.2) is 0 Å². The zero-order chi connectivity index (χ0) is 11.7. The number of fused-ring (bicyclic) bond motifs is 1. The Bertz CT molecular complexity index is 544. The van der Waals surface area contributed by atoms with Gasteiger partial charge in [-0.2, -0.15) is 0 Å². The molecule has 0 atom stereocenters. The Morgan fingerprint density at radius 2 is 2.00 bits per heavy atom. The second-order valence-corrected chi connectivity index (χ2v) is 5.24. The largest absolute Gasteiger partial charge is 0.251 e. The number of aromatic nitrogens is 1. The maximum atomic E-state index is 6.15. The van der Waals surface area contributed by atoms with E-state index in [-0.39, 0.29) is 17.0 Å². The van der Waals surface area contributed by atoms with Gasteiger partial charge in [0.05, 0.1) is 15.6 Å². The molecule has 2 aromatic rings. The monoisotopic (exact) mass is 397 g/mol. The van der Waals surface area contributed by atoms with Gasteiger partial charge in [-0.05, 0) is 18.6 Å². The normalized spacial score (nSPS) is 10.4. The highest BCUT2D eigenvalue weighted by Crippen LogP contribution is 2.33. The van der Waals surface area contributed by atoms with E-state index in [2.05, 4.69) is 27.8 Å². The first-order chi connectivity index (χ1) is 7.63. The smallest absolute Gasteiger partial charge is 0.0918 e. The Hall–Kier alpha value is 0.170. The Labute approximate surface area is 129 Å². The van der Waals surface area contributed by atoms with Crippen molar-refractivity contribution in [1.82, 2.24) is 4.98 Å². The van der Waals surface area contributed by atoms with E-state index in [0.29, 0.717) is 10.0 Å². The molecule has 0 spiro atoms. The van der Waals surface area contributed by atoms with Gasteiger partial charge in [0.15, 0.2) is 0 Å². The first-order valence-electron chi connectivity index (χ1n) is 5.06. The van der Waals surface area contributed by atoms with Crippen molar-refractivity contribution in [3.63, 3.8) is 0 Å². The Balaban J connectivity index is 0.00000144. The topological polar surface area (TPSA) is 12.9 Å². The van der Waals surface area contributed by atoms with Crippen molar-refractivity contribution in [3.05, 3.63) is 38.4 Å². The van der Waals surface area contributed by atoms with Crippen molar-refractivity contribution in [1.29, 1.82) is 0 Å². The van der Waals surface area contributed by atoms with Crippen molar-refractivity contribution >= 4 is 67.0 Å². The standard InChI is InChI=1S/C12H10BrCl2N.BrH/c1-2-3-7-6-9(13)8-4-5-10(14)11(15)12(8)16-7;/h4-6H,2-3H2,1H3;1H. The Morgan fingerprint density at radius 3 is 2.65 bits per heavy atom. The van der Waals surface area contributed by atoms with Crippen LogP contribution in [0.15, 0.2) is 22.7 Å². The van der Waals surface area contributed by atoms with Gasteiger partial charge < -0.3 is 0 Å². The molecule has 17 heavy (non-hydrogen) atoms. The van der Waals surface area contributed by atoms with E-state index in [9.17, 15) is 0 Å². The number of nitrogens with zero attached hydrogens (tertiary/aromatic N) is 1. The molecule has 5 heteroatoms. The molecule has 0 fully saturated rings. The minimum absolute atomic E-state index is 0.